The van der Waals surface area contributed by atoms with Crippen LogP contribution in [0.3, 0.4) is 0 Å². The van der Waals surface area contributed by atoms with Gasteiger partial charge < -0.3 is 15.3 Å². The average molecular weight is 218 g/mol. The number of hydrogen-bond acceptors (Lipinski definition) is 3. The van der Waals surface area contributed by atoms with E-state index in [1.165, 1.54) is 0 Å². The van der Waals surface area contributed by atoms with Crippen molar-refractivity contribution in [2.75, 3.05) is 0 Å². The summed E-state index contributed by atoms with van der Waals surface area (Å²) in [6.07, 6.45) is 4.17. The SMILES string of the molecule is CCCC(O)CCC(O)CCC(O)CC. The van der Waals surface area contributed by atoms with E-state index in [9.17, 15) is 15.3 Å². The van der Waals surface area contributed by atoms with E-state index in [-0.39, 0.29) is 18.3 Å². The van der Waals surface area contributed by atoms with Gasteiger partial charge in [-0.15, -0.1) is 0 Å². The van der Waals surface area contributed by atoms with Crippen LogP contribution in [0.4, 0.5) is 0 Å². The molecule has 0 aromatic carbocycles. The number of hydrogen-bond donors (Lipinski definition) is 3. The lowest BCUT2D eigenvalue weighted by Gasteiger charge is -2.15. The van der Waals surface area contributed by atoms with Gasteiger partial charge in [0, 0.05) is 0 Å². The third-order valence-electron chi connectivity index (χ3n) is 2.76. The fraction of sp³-hybridized carbons (Fsp3) is 1.00. The summed E-state index contributed by atoms with van der Waals surface area (Å²) in [7, 11) is 0. The summed E-state index contributed by atoms with van der Waals surface area (Å²) in [5.41, 5.74) is 0. The fourth-order valence-corrected chi connectivity index (χ4v) is 1.60. The summed E-state index contributed by atoms with van der Waals surface area (Å²) in [6.45, 7) is 3.97. The highest BCUT2D eigenvalue weighted by atomic mass is 16.3. The van der Waals surface area contributed by atoms with Gasteiger partial charge in [0.25, 0.3) is 0 Å². The van der Waals surface area contributed by atoms with Gasteiger partial charge in [-0.1, -0.05) is 20.3 Å². The molecule has 0 aromatic heterocycles. The van der Waals surface area contributed by atoms with Gasteiger partial charge >= 0.3 is 0 Å². The molecule has 0 aliphatic rings. The summed E-state index contributed by atoms with van der Waals surface area (Å²) in [6, 6.07) is 0. The second-order valence-electron chi connectivity index (χ2n) is 4.31. The first-order valence-electron chi connectivity index (χ1n) is 6.14. The molecule has 0 saturated heterocycles. The van der Waals surface area contributed by atoms with Gasteiger partial charge in [-0.25, -0.2) is 0 Å². The molecule has 0 heterocycles. The molecular weight excluding hydrogens is 192 g/mol. The number of rotatable bonds is 9. The molecular formula is C12H26O3. The van der Waals surface area contributed by atoms with Crippen LogP contribution in [-0.4, -0.2) is 33.6 Å². The van der Waals surface area contributed by atoms with E-state index in [4.69, 9.17) is 0 Å². The highest BCUT2D eigenvalue weighted by molar-refractivity contribution is 4.63. The largest absolute Gasteiger partial charge is 0.393 e. The van der Waals surface area contributed by atoms with Crippen LogP contribution in [0.25, 0.3) is 0 Å². The van der Waals surface area contributed by atoms with Gasteiger partial charge in [0.2, 0.25) is 0 Å². The van der Waals surface area contributed by atoms with Crippen molar-refractivity contribution in [1.29, 1.82) is 0 Å². The minimum Gasteiger partial charge on any atom is -0.393 e. The van der Waals surface area contributed by atoms with Crippen LogP contribution < -0.4 is 0 Å². The Morgan fingerprint density at radius 3 is 1.47 bits per heavy atom. The number of aliphatic hydroxyl groups excluding tert-OH is 3. The molecule has 3 N–H and O–H groups in total. The zero-order valence-corrected chi connectivity index (χ0v) is 10.0. The second kappa shape index (κ2) is 9.13. The van der Waals surface area contributed by atoms with Crippen molar-refractivity contribution in [3.8, 4) is 0 Å². The third kappa shape index (κ3) is 8.85. The first kappa shape index (κ1) is 14.9. The van der Waals surface area contributed by atoms with Gasteiger partial charge in [0.05, 0.1) is 18.3 Å². The molecule has 0 aliphatic carbocycles. The van der Waals surface area contributed by atoms with Crippen molar-refractivity contribution in [2.45, 2.75) is 77.1 Å². The fourth-order valence-electron chi connectivity index (χ4n) is 1.60. The van der Waals surface area contributed by atoms with Crippen LogP contribution in [0, 0.1) is 0 Å². The lowest BCUT2D eigenvalue weighted by molar-refractivity contribution is 0.0849. The molecule has 92 valence electrons. The molecule has 0 radical (unpaired) electrons. The molecule has 3 nitrogen and oxygen atoms in total. The first-order chi connectivity index (χ1) is 7.10. The van der Waals surface area contributed by atoms with Crippen molar-refractivity contribution in [2.24, 2.45) is 0 Å². The quantitative estimate of drug-likeness (QED) is 0.553. The van der Waals surface area contributed by atoms with Gasteiger partial charge in [-0.2, -0.15) is 0 Å². The van der Waals surface area contributed by atoms with Crippen molar-refractivity contribution < 1.29 is 15.3 Å². The maximum Gasteiger partial charge on any atom is 0.0542 e. The predicted octanol–water partition coefficient (Wildman–Crippen LogP) is 1.84. The van der Waals surface area contributed by atoms with Crippen LogP contribution in [0.2, 0.25) is 0 Å². The Hall–Kier alpha value is -0.120. The zero-order valence-electron chi connectivity index (χ0n) is 10.0. The molecule has 0 spiro atoms. The van der Waals surface area contributed by atoms with E-state index in [1.54, 1.807) is 0 Å². The minimum atomic E-state index is -0.377. The topological polar surface area (TPSA) is 60.7 Å². The van der Waals surface area contributed by atoms with Gasteiger partial charge in [0.1, 0.15) is 0 Å². The maximum atomic E-state index is 9.59. The van der Waals surface area contributed by atoms with Crippen LogP contribution in [0.15, 0.2) is 0 Å². The molecule has 15 heavy (non-hydrogen) atoms. The number of aliphatic hydroxyl groups is 3. The molecule has 0 bridgehead atoms. The molecule has 0 aromatic rings. The van der Waals surface area contributed by atoms with E-state index >= 15 is 0 Å². The molecule has 3 atom stereocenters. The summed E-state index contributed by atoms with van der Waals surface area (Å²) in [5.74, 6) is 0. The van der Waals surface area contributed by atoms with Crippen LogP contribution in [-0.2, 0) is 0 Å². The lowest BCUT2D eigenvalue weighted by atomic mass is 10.0. The Bertz CT molecular complexity index is 139. The average Bonchev–Trinajstić information content (AvgIpc) is 2.23. The highest BCUT2D eigenvalue weighted by Crippen LogP contribution is 2.12. The molecule has 0 rings (SSSR count). The maximum absolute atomic E-state index is 9.59. The normalized spacial score (nSPS) is 17.4. The van der Waals surface area contributed by atoms with E-state index in [1.807, 2.05) is 13.8 Å². The Balaban J connectivity index is 3.44. The predicted molar refractivity (Wildman–Crippen MR) is 61.7 cm³/mol. The minimum absolute atomic E-state index is 0.277. The third-order valence-corrected chi connectivity index (χ3v) is 2.76. The van der Waals surface area contributed by atoms with Crippen molar-refractivity contribution in [3.05, 3.63) is 0 Å². The Morgan fingerprint density at radius 2 is 1.07 bits per heavy atom. The highest BCUT2D eigenvalue weighted by Gasteiger charge is 2.10. The Kier molecular flexibility index (Phi) is 9.06. The Morgan fingerprint density at radius 1 is 0.667 bits per heavy atom. The van der Waals surface area contributed by atoms with Crippen LogP contribution in [0.5, 0.6) is 0 Å². The van der Waals surface area contributed by atoms with E-state index < -0.39 is 0 Å². The molecule has 0 aliphatic heterocycles. The Labute approximate surface area is 93.1 Å². The molecule has 0 amide bonds. The summed E-state index contributed by atoms with van der Waals surface area (Å²) >= 11 is 0. The smallest absolute Gasteiger partial charge is 0.0542 e. The zero-order chi connectivity index (χ0) is 11.7. The van der Waals surface area contributed by atoms with Crippen LogP contribution in [0.1, 0.15) is 58.8 Å². The second-order valence-corrected chi connectivity index (χ2v) is 4.31. The van der Waals surface area contributed by atoms with Crippen molar-refractivity contribution in [1.82, 2.24) is 0 Å². The van der Waals surface area contributed by atoms with E-state index in [0.717, 1.165) is 19.3 Å². The van der Waals surface area contributed by atoms with Crippen molar-refractivity contribution >= 4 is 0 Å². The molecule has 3 heteroatoms. The summed E-state index contributed by atoms with van der Waals surface area (Å²) in [5, 5.41) is 28.4. The van der Waals surface area contributed by atoms with Crippen LogP contribution >= 0.6 is 0 Å². The van der Waals surface area contributed by atoms with E-state index in [0.29, 0.717) is 25.7 Å². The lowest BCUT2D eigenvalue weighted by Crippen LogP contribution is -2.15. The summed E-state index contributed by atoms with van der Waals surface area (Å²) in [4.78, 5) is 0. The van der Waals surface area contributed by atoms with E-state index in [2.05, 4.69) is 0 Å². The summed E-state index contributed by atoms with van der Waals surface area (Å²) < 4.78 is 0. The molecule has 0 fully saturated rings. The van der Waals surface area contributed by atoms with Crippen molar-refractivity contribution in [3.63, 3.8) is 0 Å². The molecule has 0 saturated carbocycles. The molecule has 3 unspecified atom stereocenters. The van der Waals surface area contributed by atoms with Gasteiger partial charge in [0.15, 0.2) is 0 Å². The first-order valence-corrected chi connectivity index (χ1v) is 6.14. The van der Waals surface area contributed by atoms with Gasteiger partial charge in [-0.05, 0) is 38.5 Å². The standard InChI is InChI=1S/C12H26O3/c1-3-5-11(14)8-9-12(15)7-6-10(13)4-2/h10-15H,3-9H2,1-2H3. The monoisotopic (exact) mass is 218 g/mol. The van der Waals surface area contributed by atoms with Gasteiger partial charge in [-0.3, -0.25) is 0 Å².